The fraction of sp³-hybridized carbons (Fsp3) is 0.480. The van der Waals surface area contributed by atoms with Crippen LogP contribution in [0.3, 0.4) is 0 Å². The second-order valence-electron chi connectivity index (χ2n) is 8.93. The molecule has 34 heavy (non-hydrogen) atoms. The molecule has 0 atom stereocenters. The Kier molecular flexibility index (Phi) is 7.00. The Morgan fingerprint density at radius 1 is 1.21 bits per heavy atom. The topological polar surface area (TPSA) is 70.1 Å². The predicted molar refractivity (Wildman–Crippen MR) is 128 cm³/mol. The number of nitrogens with zero attached hydrogens (tertiary/aromatic N) is 5. The molecule has 1 amide bonds. The maximum atomic E-state index is 14.1. The van der Waals surface area contributed by atoms with E-state index in [-0.39, 0.29) is 11.5 Å². The van der Waals surface area contributed by atoms with Crippen molar-refractivity contribution in [1.82, 2.24) is 24.9 Å². The normalized spacial score (nSPS) is 15.0. The number of aryl methyl sites for hydroxylation is 2. The standard InChI is InChI=1S/C22H24F2N6O.C3H8/c1-13(31)29-7-5-19-18(12-29)22(27-26-19)30-6-3-4-14-8-16(15-10-25-28(2)11-15)17(21(23)24)9-20(14)30;1-3-2/h8-11,21H,3-7,12H2,1-2H3,(H,26,27);3H2,1-2H3. The van der Waals surface area contributed by atoms with Gasteiger partial charge in [-0.05, 0) is 36.1 Å². The minimum absolute atomic E-state index is 0.00610. The highest BCUT2D eigenvalue weighted by Gasteiger charge is 2.30. The number of carbonyl (C=O) groups is 1. The average Bonchev–Trinajstić information content (AvgIpc) is 3.44. The van der Waals surface area contributed by atoms with Crippen LogP contribution in [0.25, 0.3) is 11.1 Å². The van der Waals surface area contributed by atoms with Gasteiger partial charge in [0.15, 0.2) is 5.82 Å². The molecule has 0 saturated carbocycles. The lowest BCUT2D eigenvalue weighted by atomic mass is 9.92. The molecule has 2 aliphatic rings. The third-order valence-corrected chi connectivity index (χ3v) is 6.23. The van der Waals surface area contributed by atoms with Crippen molar-refractivity contribution in [3.8, 4) is 11.1 Å². The number of alkyl halides is 2. The van der Waals surface area contributed by atoms with Gasteiger partial charge >= 0.3 is 0 Å². The molecule has 0 saturated heterocycles. The van der Waals surface area contributed by atoms with Gasteiger partial charge in [-0.15, -0.1) is 0 Å². The van der Waals surface area contributed by atoms with Gasteiger partial charge < -0.3 is 9.80 Å². The van der Waals surface area contributed by atoms with Crippen LogP contribution in [-0.2, 0) is 31.2 Å². The lowest BCUT2D eigenvalue weighted by Gasteiger charge is -2.33. The largest absolute Gasteiger partial charge is 0.338 e. The summed E-state index contributed by atoms with van der Waals surface area (Å²) in [4.78, 5) is 15.7. The maximum absolute atomic E-state index is 14.1. The van der Waals surface area contributed by atoms with E-state index in [1.807, 2.05) is 11.0 Å². The molecule has 1 aromatic carbocycles. The second-order valence-corrected chi connectivity index (χ2v) is 8.93. The Morgan fingerprint density at radius 3 is 2.62 bits per heavy atom. The van der Waals surface area contributed by atoms with E-state index >= 15 is 0 Å². The summed E-state index contributed by atoms with van der Waals surface area (Å²) in [6, 6.07) is 3.48. The molecule has 0 bridgehead atoms. The summed E-state index contributed by atoms with van der Waals surface area (Å²) in [5.74, 6) is 0.759. The maximum Gasteiger partial charge on any atom is 0.264 e. The molecule has 0 unspecified atom stereocenters. The SMILES string of the molecule is CC(=O)N1CCc2[nH]nc(N3CCCc4cc(-c5cnn(C)c5)c(C(F)F)cc43)c2C1.CCC. The van der Waals surface area contributed by atoms with Crippen molar-refractivity contribution in [2.75, 3.05) is 18.0 Å². The summed E-state index contributed by atoms with van der Waals surface area (Å²) >= 11 is 0. The first-order valence-corrected chi connectivity index (χ1v) is 11.9. The zero-order chi connectivity index (χ0) is 24.4. The number of fused-ring (bicyclic) bond motifs is 2. The van der Waals surface area contributed by atoms with Crippen molar-refractivity contribution in [3.05, 3.63) is 46.9 Å². The zero-order valence-corrected chi connectivity index (χ0v) is 20.2. The smallest absolute Gasteiger partial charge is 0.264 e. The molecule has 2 aliphatic heterocycles. The molecule has 5 rings (SSSR count). The Labute approximate surface area is 198 Å². The van der Waals surface area contributed by atoms with E-state index in [2.05, 4.69) is 29.1 Å². The fourth-order valence-corrected chi connectivity index (χ4v) is 4.63. The van der Waals surface area contributed by atoms with Crippen molar-refractivity contribution >= 4 is 17.4 Å². The lowest BCUT2D eigenvalue weighted by Crippen LogP contribution is -2.35. The van der Waals surface area contributed by atoms with Gasteiger partial charge in [-0.3, -0.25) is 14.6 Å². The minimum Gasteiger partial charge on any atom is -0.338 e. The highest BCUT2D eigenvalue weighted by atomic mass is 19.3. The number of amides is 1. The summed E-state index contributed by atoms with van der Waals surface area (Å²) < 4.78 is 29.7. The van der Waals surface area contributed by atoms with Gasteiger partial charge in [0.05, 0.1) is 12.7 Å². The number of halogens is 2. The van der Waals surface area contributed by atoms with Gasteiger partial charge in [0.1, 0.15) is 0 Å². The van der Waals surface area contributed by atoms with E-state index in [9.17, 15) is 13.6 Å². The fourth-order valence-electron chi connectivity index (χ4n) is 4.63. The molecule has 0 fully saturated rings. The molecular formula is C25H32F2N6O. The van der Waals surface area contributed by atoms with E-state index in [0.717, 1.165) is 41.2 Å². The van der Waals surface area contributed by atoms with Crippen LogP contribution in [-0.4, -0.2) is 43.9 Å². The monoisotopic (exact) mass is 470 g/mol. The molecule has 4 heterocycles. The first-order chi connectivity index (χ1) is 16.3. The van der Waals surface area contributed by atoms with E-state index < -0.39 is 6.43 Å². The van der Waals surface area contributed by atoms with Crippen molar-refractivity contribution in [2.45, 2.75) is 59.4 Å². The molecule has 7 nitrogen and oxygen atoms in total. The Bertz CT molecular complexity index is 1170. The van der Waals surface area contributed by atoms with Gasteiger partial charge in [0.25, 0.3) is 6.43 Å². The second kappa shape index (κ2) is 9.95. The van der Waals surface area contributed by atoms with Gasteiger partial charge in [-0.2, -0.15) is 10.2 Å². The van der Waals surface area contributed by atoms with Crippen LogP contribution in [0.2, 0.25) is 0 Å². The van der Waals surface area contributed by atoms with Crippen molar-refractivity contribution in [1.29, 1.82) is 0 Å². The number of aromatic amines is 1. The third kappa shape index (κ3) is 4.56. The summed E-state index contributed by atoms with van der Waals surface area (Å²) in [7, 11) is 1.77. The lowest BCUT2D eigenvalue weighted by molar-refractivity contribution is -0.129. The number of rotatable bonds is 3. The summed E-state index contributed by atoms with van der Waals surface area (Å²) in [6.45, 7) is 7.65. The molecule has 0 spiro atoms. The molecule has 1 N–H and O–H groups in total. The number of H-pyrrole nitrogens is 1. The number of nitrogens with one attached hydrogen (secondary N) is 1. The highest BCUT2D eigenvalue weighted by Crippen LogP contribution is 2.42. The zero-order valence-electron chi connectivity index (χ0n) is 20.2. The minimum atomic E-state index is -2.61. The number of carbonyl (C=O) groups excluding carboxylic acids is 1. The van der Waals surface area contributed by atoms with Crippen LogP contribution in [0.4, 0.5) is 20.3 Å². The average molecular weight is 471 g/mol. The van der Waals surface area contributed by atoms with Gasteiger partial charge in [-0.25, -0.2) is 8.78 Å². The summed E-state index contributed by atoms with van der Waals surface area (Å²) in [5, 5.41) is 11.8. The van der Waals surface area contributed by atoms with Crippen LogP contribution in [0.15, 0.2) is 24.5 Å². The van der Waals surface area contributed by atoms with Gasteiger partial charge in [0, 0.05) is 67.8 Å². The molecule has 2 aromatic heterocycles. The van der Waals surface area contributed by atoms with E-state index in [4.69, 9.17) is 0 Å². The highest BCUT2D eigenvalue weighted by molar-refractivity contribution is 5.78. The van der Waals surface area contributed by atoms with Gasteiger partial charge in [0.2, 0.25) is 5.91 Å². The Hall–Kier alpha value is -3.23. The quantitative estimate of drug-likeness (QED) is 0.575. The summed E-state index contributed by atoms with van der Waals surface area (Å²) in [6.07, 6.45) is 4.44. The van der Waals surface area contributed by atoms with Crippen molar-refractivity contribution in [2.24, 2.45) is 7.05 Å². The van der Waals surface area contributed by atoms with Crippen LogP contribution < -0.4 is 4.90 Å². The van der Waals surface area contributed by atoms with E-state index in [0.29, 0.717) is 37.2 Å². The molecule has 3 aromatic rings. The molecule has 0 radical (unpaired) electrons. The number of aromatic nitrogens is 4. The van der Waals surface area contributed by atoms with Crippen molar-refractivity contribution in [3.63, 3.8) is 0 Å². The van der Waals surface area contributed by atoms with Crippen LogP contribution in [0.5, 0.6) is 0 Å². The Morgan fingerprint density at radius 2 is 1.97 bits per heavy atom. The molecule has 0 aliphatic carbocycles. The van der Waals surface area contributed by atoms with E-state index in [1.165, 1.54) is 6.42 Å². The van der Waals surface area contributed by atoms with Crippen LogP contribution in [0, 0.1) is 0 Å². The van der Waals surface area contributed by atoms with Gasteiger partial charge in [-0.1, -0.05) is 20.3 Å². The number of benzene rings is 1. The van der Waals surface area contributed by atoms with Crippen molar-refractivity contribution < 1.29 is 13.6 Å². The first kappa shape index (κ1) is 23.9. The Balaban J connectivity index is 0.000000868. The van der Waals surface area contributed by atoms with Crippen LogP contribution in [0.1, 0.15) is 62.4 Å². The summed E-state index contributed by atoms with van der Waals surface area (Å²) in [5.41, 5.74) is 4.98. The number of anilines is 2. The molecule has 182 valence electrons. The predicted octanol–water partition coefficient (Wildman–Crippen LogP) is 5.15. The number of hydrogen-bond acceptors (Lipinski definition) is 4. The van der Waals surface area contributed by atoms with E-state index in [1.54, 1.807) is 42.0 Å². The van der Waals surface area contributed by atoms with Crippen LogP contribution >= 0.6 is 0 Å². The molecule has 9 heteroatoms. The number of hydrogen-bond donors (Lipinski definition) is 1. The molecular weight excluding hydrogens is 438 g/mol. The first-order valence-electron chi connectivity index (χ1n) is 11.9. The third-order valence-electron chi connectivity index (χ3n) is 6.23.